The Morgan fingerprint density at radius 2 is 2.15 bits per heavy atom. The van der Waals surface area contributed by atoms with Gasteiger partial charge in [-0.2, -0.15) is 0 Å². The topological polar surface area (TPSA) is 21.3 Å². The molecular weight excluding hydrogens is 162 g/mol. The van der Waals surface area contributed by atoms with Crippen molar-refractivity contribution in [3.05, 3.63) is 23.3 Å². The third-order valence-corrected chi connectivity index (χ3v) is 2.32. The lowest BCUT2D eigenvalue weighted by Crippen LogP contribution is -2.28. The summed E-state index contributed by atoms with van der Waals surface area (Å²) in [5.41, 5.74) is 3.63. The summed E-state index contributed by atoms with van der Waals surface area (Å²) in [6, 6.07) is 4.28. The first-order valence-electron chi connectivity index (χ1n) is 4.68. The fourth-order valence-electron chi connectivity index (χ4n) is 1.74. The molecule has 1 N–H and O–H groups in total. The van der Waals surface area contributed by atoms with Crippen molar-refractivity contribution in [2.45, 2.75) is 26.9 Å². The minimum atomic E-state index is 0.272. The van der Waals surface area contributed by atoms with Crippen LogP contribution in [-0.4, -0.2) is 12.6 Å². The molecule has 1 aliphatic rings. The van der Waals surface area contributed by atoms with Crippen molar-refractivity contribution in [2.75, 3.05) is 11.9 Å². The molecule has 70 valence electrons. The summed E-state index contributed by atoms with van der Waals surface area (Å²) in [6.07, 6.45) is 0.272. The molecule has 1 atom stereocenters. The minimum Gasteiger partial charge on any atom is -0.486 e. The van der Waals surface area contributed by atoms with Gasteiger partial charge < -0.3 is 10.1 Å². The average molecular weight is 177 g/mol. The second-order valence-electron chi connectivity index (χ2n) is 3.77. The maximum Gasteiger partial charge on any atom is 0.145 e. The van der Waals surface area contributed by atoms with Gasteiger partial charge in [0.1, 0.15) is 11.9 Å². The Labute approximate surface area is 78.9 Å². The molecular formula is C11H15NO. The number of anilines is 1. The molecule has 1 aromatic rings. The molecule has 1 aliphatic heterocycles. The van der Waals surface area contributed by atoms with Gasteiger partial charge in [0, 0.05) is 0 Å². The van der Waals surface area contributed by atoms with Gasteiger partial charge in [0.25, 0.3) is 0 Å². The van der Waals surface area contributed by atoms with Crippen LogP contribution in [0.3, 0.4) is 0 Å². The Balaban J connectivity index is 2.47. The van der Waals surface area contributed by atoms with Gasteiger partial charge in [-0.05, 0) is 38.0 Å². The van der Waals surface area contributed by atoms with Gasteiger partial charge in [-0.1, -0.05) is 6.07 Å². The SMILES string of the molecule is Cc1cc(C)c2c(c1)NCC(C)O2. The highest BCUT2D eigenvalue weighted by Gasteiger charge is 2.17. The van der Waals surface area contributed by atoms with Gasteiger partial charge in [0.2, 0.25) is 0 Å². The Bertz CT molecular complexity index is 333. The summed E-state index contributed by atoms with van der Waals surface area (Å²) in [5.74, 6) is 1.02. The zero-order chi connectivity index (χ0) is 9.42. The predicted octanol–water partition coefficient (Wildman–Crippen LogP) is 2.50. The van der Waals surface area contributed by atoms with E-state index in [0.29, 0.717) is 0 Å². The molecule has 0 spiro atoms. The van der Waals surface area contributed by atoms with E-state index >= 15 is 0 Å². The molecule has 0 saturated heterocycles. The van der Waals surface area contributed by atoms with E-state index in [-0.39, 0.29) is 6.10 Å². The van der Waals surface area contributed by atoms with E-state index in [1.165, 1.54) is 11.1 Å². The van der Waals surface area contributed by atoms with Gasteiger partial charge in [0.05, 0.1) is 12.2 Å². The molecule has 1 unspecified atom stereocenters. The number of benzene rings is 1. The number of fused-ring (bicyclic) bond motifs is 1. The molecule has 0 amide bonds. The van der Waals surface area contributed by atoms with Gasteiger partial charge in [-0.3, -0.25) is 0 Å². The van der Waals surface area contributed by atoms with E-state index < -0.39 is 0 Å². The molecule has 0 radical (unpaired) electrons. The number of ether oxygens (including phenoxy) is 1. The van der Waals surface area contributed by atoms with E-state index in [2.05, 4.69) is 38.2 Å². The zero-order valence-corrected chi connectivity index (χ0v) is 8.35. The first-order valence-corrected chi connectivity index (χ1v) is 4.68. The van der Waals surface area contributed by atoms with Crippen molar-refractivity contribution in [3.8, 4) is 5.75 Å². The largest absolute Gasteiger partial charge is 0.486 e. The van der Waals surface area contributed by atoms with E-state index in [1.807, 2.05) is 0 Å². The average Bonchev–Trinajstić information content (AvgIpc) is 2.06. The highest BCUT2D eigenvalue weighted by molar-refractivity contribution is 5.62. The molecule has 13 heavy (non-hydrogen) atoms. The molecule has 2 nitrogen and oxygen atoms in total. The maximum atomic E-state index is 5.76. The van der Waals surface area contributed by atoms with E-state index in [4.69, 9.17) is 4.74 Å². The van der Waals surface area contributed by atoms with Crippen molar-refractivity contribution in [1.82, 2.24) is 0 Å². The zero-order valence-electron chi connectivity index (χ0n) is 8.35. The van der Waals surface area contributed by atoms with Crippen molar-refractivity contribution >= 4 is 5.69 Å². The van der Waals surface area contributed by atoms with Crippen LogP contribution in [-0.2, 0) is 0 Å². The van der Waals surface area contributed by atoms with Crippen molar-refractivity contribution in [3.63, 3.8) is 0 Å². The number of rotatable bonds is 0. The van der Waals surface area contributed by atoms with Crippen LogP contribution in [0.2, 0.25) is 0 Å². The molecule has 0 aliphatic carbocycles. The third-order valence-electron chi connectivity index (χ3n) is 2.32. The maximum absolute atomic E-state index is 5.76. The number of nitrogens with one attached hydrogen (secondary N) is 1. The first kappa shape index (κ1) is 8.42. The van der Waals surface area contributed by atoms with Gasteiger partial charge in [-0.25, -0.2) is 0 Å². The molecule has 0 saturated carbocycles. The van der Waals surface area contributed by atoms with Crippen LogP contribution in [0.1, 0.15) is 18.1 Å². The third kappa shape index (κ3) is 1.48. The normalized spacial score (nSPS) is 20.1. The molecule has 1 heterocycles. The van der Waals surface area contributed by atoms with Crippen LogP contribution >= 0.6 is 0 Å². The Morgan fingerprint density at radius 1 is 1.38 bits per heavy atom. The molecule has 2 rings (SSSR count). The Hall–Kier alpha value is -1.18. The molecule has 1 aromatic carbocycles. The monoisotopic (exact) mass is 177 g/mol. The van der Waals surface area contributed by atoms with Gasteiger partial charge in [-0.15, -0.1) is 0 Å². The lowest BCUT2D eigenvalue weighted by Gasteiger charge is -2.26. The number of hydrogen-bond acceptors (Lipinski definition) is 2. The lowest BCUT2D eigenvalue weighted by molar-refractivity contribution is 0.224. The van der Waals surface area contributed by atoms with Crippen LogP contribution in [0.15, 0.2) is 12.1 Å². The number of aryl methyl sites for hydroxylation is 2. The minimum absolute atomic E-state index is 0.272. The number of hydrogen-bond donors (Lipinski definition) is 1. The fraction of sp³-hybridized carbons (Fsp3) is 0.455. The van der Waals surface area contributed by atoms with E-state index in [0.717, 1.165) is 18.0 Å². The lowest BCUT2D eigenvalue weighted by atomic mass is 10.1. The van der Waals surface area contributed by atoms with Crippen LogP contribution in [0.25, 0.3) is 0 Å². The summed E-state index contributed by atoms with van der Waals surface area (Å²) < 4.78 is 5.76. The first-order chi connectivity index (χ1) is 6.16. The van der Waals surface area contributed by atoms with Gasteiger partial charge >= 0.3 is 0 Å². The van der Waals surface area contributed by atoms with Crippen LogP contribution in [0, 0.1) is 13.8 Å². The summed E-state index contributed by atoms with van der Waals surface area (Å²) in [6.45, 7) is 7.17. The predicted molar refractivity (Wildman–Crippen MR) is 54.5 cm³/mol. The summed E-state index contributed by atoms with van der Waals surface area (Å²) in [5, 5.41) is 3.37. The molecule has 0 bridgehead atoms. The quantitative estimate of drug-likeness (QED) is 0.657. The van der Waals surface area contributed by atoms with E-state index in [1.54, 1.807) is 0 Å². The van der Waals surface area contributed by atoms with Crippen LogP contribution < -0.4 is 10.1 Å². The summed E-state index contributed by atoms with van der Waals surface area (Å²) in [4.78, 5) is 0. The van der Waals surface area contributed by atoms with Crippen molar-refractivity contribution in [2.24, 2.45) is 0 Å². The Kier molecular flexibility index (Phi) is 1.91. The summed E-state index contributed by atoms with van der Waals surface area (Å²) >= 11 is 0. The highest BCUT2D eigenvalue weighted by atomic mass is 16.5. The smallest absolute Gasteiger partial charge is 0.145 e. The van der Waals surface area contributed by atoms with Crippen LogP contribution in [0.4, 0.5) is 5.69 Å². The fourth-order valence-corrected chi connectivity index (χ4v) is 1.74. The highest BCUT2D eigenvalue weighted by Crippen LogP contribution is 2.33. The molecule has 2 heteroatoms. The second kappa shape index (κ2) is 2.95. The standard InChI is InChI=1S/C11H15NO/c1-7-4-8(2)11-10(5-7)12-6-9(3)13-11/h4-5,9,12H,6H2,1-3H3. The van der Waals surface area contributed by atoms with Crippen LogP contribution in [0.5, 0.6) is 5.75 Å². The van der Waals surface area contributed by atoms with E-state index in [9.17, 15) is 0 Å². The molecule has 0 aromatic heterocycles. The molecule has 0 fully saturated rings. The second-order valence-corrected chi connectivity index (χ2v) is 3.77. The van der Waals surface area contributed by atoms with Crippen molar-refractivity contribution < 1.29 is 4.74 Å². The summed E-state index contributed by atoms with van der Waals surface area (Å²) in [7, 11) is 0. The van der Waals surface area contributed by atoms with Gasteiger partial charge in [0.15, 0.2) is 0 Å². The Morgan fingerprint density at radius 3 is 2.92 bits per heavy atom. The van der Waals surface area contributed by atoms with Crippen molar-refractivity contribution in [1.29, 1.82) is 0 Å².